The second-order valence-corrected chi connectivity index (χ2v) is 6.84. The summed E-state index contributed by atoms with van der Waals surface area (Å²) in [4.78, 5) is 8.04. The molecule has 1 heterocycles. The van der Waals surface area contributed by atoms with Crippen molar-refractivity contribution in [2.75, 3.05) is 0 Å². The van der Waals surface area contributed by atoms with Crippen molar-refractivity contribution < 1.29 is 0 Å². The van der Waals surface area contributed by atoms with Crippen LogP contribution in [0.5, 0.6) is 0 Å². The van der Waals surface area contributed by atoms with Crippen molar-refractivity contribution >= 4 is 61.2 Å². The van der Waals surface area contributed by atoms with E-state index in [1.54, 1.807) is 0 Å². The van der Waals surface area contributed by atoms with Gasteiger partial charge in [0.25, 0.3) is 0 Å². The average molecular weight is 448 g/mol. The van der Waals surface area contributed by atoms with Crippen molar-refractivity contribution in [1.29, 1.82) is 0 Å². The fraction of sp³-hybridized carbons (Fsp3) is 0.0714. The monoisotopic (exact) mass is 446 g/mol. The van der Waals surface area contributed by atoms with Gasteiger partial charge in [0.05, 0.1) is 11.0 Å². The van der Waals surface area contributed by atoms with Crippen LogP contribution < -0.4 is 0 Å². The Hall–Kier alpha value is -0.590. The summed E-state index contributed by atoms with van der Waals surface area (Å²) in [5, 5.41) is 0.716. The van der Waals surface area contributed by atoms with E-state index < -0.39 is 0 Å². The number of hydrogen-bond acceptors (Lipinski definition) is 1. The molecule has 2 aromatic carbocycles. The molecule has 0 bridgehead atoms. The molecule has 3 aromatic rings. The molecular weight excluding hydrogens is 438 g/mol. The Morgan fingerprint density at radius 2 is 2.05 bits per heavy atom. The maximum Gasteiger partial charge on any atom is 0.139 e. The van der Waals surface area contributed by atoms with Gasteiger partial charge in [-0.3, -0.25) is 0 Å². The number of nitrogens with zero attached hydrogens (tertiary/aromatic N) is 1. The summed E-state index contributed by atoms with van der Waals surface area (Å²) in [5.74, 6) is 0.850. The van der Waals surface area contributed by atoms with Gasteiger partial charge >= 0.3 is 0 Å². The number of aromatic amines is 1. The largest absolute Gasteiger partial charge is 0.338 e. The molecule has 0 radical (unpaired) electrons. The molecule has 0 saturated carbocycles. The molecule has 0 amide bonds. The van der Waals surface area contributed by atoms with E-state index in [0.717, 1.165) is 36.0 Å². The van der Waals surface area contributed by atoms with E-state index in [2.05, 4.69) is 61.5 Å². The smallest absolute Gasteiger partial charge is 0.139 e. The highest BCUT2D eigenvalue weighted by Gasteiger charge is 2.11. The van der Waals surface area contributed by atoms with Gasteiger partial charge in [-0.25, -0.2) is 4.98 Å². The third kappa shape index (κ3) is 2.53. The molecule has 0 saturated heterocycles. The van der Waals surface area contributed by atoms with Crippen LogP contribution in [0.25, 0.3) is 22.4 Å². The molecule has 0 spiro atoms. The lowest BCUT2D eigenvalue weighted by Crippen LogP contribution is -1.85. The van der Waals surface area contributed by atoms with Crippen molar-refractivity contribution in [3.05, 3.63) is 49.0 Å². The van der Waals surface area contributed by atoms with E-state index in [1.807, 2.05) is 24.3 Å². The molecule has 1 aromatic heterocycles. The molecule has 3 rings (SSSR count). The highest BCUT2D eigenvalue weighted by atomic mass is 127. The normalized spacial score (nSPS) is 11.2. The third-order valence-electron chi connectivity index (χ3n) is 2.93. The van der Waals surface area contributed by atoms with Crippen molar-refractivity contribution in [2.24, 2.45) is 0 Å². The van der Waals surface area contributed by atoms with Gasteiger partial charge in [-0.1, -0.05) is 27.5 Å². The van der Waals surface area contributed by atoms with Crippen LogP contribution in [-0.4, -0.2) is 9.97 Å². The molecule has 2 nitrogen and oxygen atoms in total. The summed E-state index contributed by atoms with van der Waals surface area (Å²) < 4.78 is 2.17. The first-order chi connectivity index (χ1) is 9.04. The number of benzene rings is 2. The van der Waals surface area contributed by atoms with Crippen molar-refractivity contribution in [3.63, 3.8) is 0 Å². The van der Waals surface area contributed by atoms with Gasteiger partial charge in [-0.15, -0.1) is 0 Å². The predicted molar refractivity (Wildman–Crippen MR) is 91.7 cm³/mol. The third-order valence-corrected chi connectivity index (χ3v) is 4.56. The zero-order valence-corrected chi connectivity index (χ0v) is 14.5. The lowest BCUT2D eigenvalue weighted by molar-refractivity contribution is 1.32. The number of hydrogen-bond donors (Lipinski definition) is 1. The van der Waals surface area contributed by atoms with E-state index in [4.69, 9.17) is 11.6 Å². The average Bonchev–Trinajstić information content (AvgIpc) is 2.76. The minimum atomic E-state index is 0.716. The Bertz CT molecular complexity index is 782. The van der Waals surface area contributed by atoms with Crippen LogP contribution >= 0.6 is 50.1 Å². The number of aryl methyl sites for hydroxylation is 1. The first-order valence-electron chi connectivity index (χ1n) is 5.66. The van der Waals surface area contributed by atoms with Gasteiger partial charge in [-0.2, -0.15) is 0 Å². The molecule has 0 aliphatic heterocycles. The topological polar surface area (TPSA) is 28.7 Å². The SMILES string of the molecule is Cc1cc(Br)cc2[nH]c(-c3cc(Cl)ccc3I)nc12. The van der Waals surface area contributed by atoms with Gasteiger partial charge in [0.1, 0.15) is 5.82 Å². The van der Waals surface area contributed by atoms with E-state index in [1.165, 1.54) is 0 Å². The molecular formula is C14H9BrClIN2. The molecule has 0 atom stereocenters. The Morgan fingerprint density at radius 1 is 1.26 bits per heavy atom. The van der Waals surface area contributed by atoms with Gasteiger partial charge in [0.15, 0.2) is 0 Å². The summed E-state index contributed by atoms with van der Waals surface area (Å²) in [6, 6.07) is 9.92. The van der Waals surface area contributed by atoms with Gasteiger partial charge < -0.3 is 4.98 Å². The minimum Gasteiger partial charge on any atom is -0.338 e. The highest BCUT2D eigenvalue weighted by molar-refractivity contribution is 14.1. The fourth-order valence-electron chi connectivity index (χ4n) is 2.05. The molecule has 5 heteroatoms. The first kappa shape index (κ1) is 13.4. The van der Waals surface area contributed by atoms with E-state index >= 15 is 0 Å². The van der Waals surface area contributed by atoms with Crippen LogP contribution in [0, 0.1) is 10.5 Å². The second kappa shape index (κ2) is 5.07. The molecule has 96 valence electrons. The number of halogens is 3. The van der Waals surface area contributed by atoms with Gasteiger partial charge in [-0.05, 0) is 65.4 Å². The molecule has 0 fully saturated rings. The van der Waals surface area contributed by atoms with E-state index in [9.17, 15) is 0 Å². The summed E-state index contributed by atoms with van der Waals surface area (Å²) >= 11 is 11.9. The molecule has 19 heavy (non-hydrogen) atoms. The lowest BCUT2D eigenvalue weighted by Gasteiger charge is -2.01. The number of nitrogens with one attached hydrogen (secondary N) is 1. The van der Waals surface area contributed by atoms with Crippen molar-refractivity contribution in [2.45, 2.75) is 6.92 Å². The van der Waals surface area contributed by atoms with Crippen LogP contribution in [0.15, 0.2) is 34.8 Å². The summed E-state index contributed by atoms with van der Waals surface area (Å²) in [6.07, 6.45) is 0. The van der Waals surface area contributed by atoms with Crippen LogP contribution in [0.1, 0.15) is 5.56 Å². The maximum absolute atomic E-state index is 6.07. The molecule has 1 N–H and O–H groups in total. The number of H-pyrrole nitrogens is 1. The van der Waals surface area contributed by atoms with Crippen molar-refractivity contribution in [3.8, 4) is 11.4 Å². The lowest BCUT2D eigenvalue weighted by atomic mass is 10.2. The summed E-state index contributed by atoms with van der Waals surface area (Å²) in [7, 11) is 0. The number of imidazole rings is 1. The fourth-order valence-corrected chi connectivity index (χ4v) is 3.39. The van der Waals surface area contributed by atoms with Crippen LogP contribution in [0.4, 0.5) is 0 Å². The Labute approximate surface area is 137 Å². The zero-order valence-electron chi connectivity index (χ0n) is 9.97. The first-order valence-corrected chi connectivity index (χ1v) is 7.91. The van der Waals surface area contributed by atoms with Gasteiger partial charge in [0, 0.05) is 18.6 Å². The maximum atomic E-state index is 6.07. The number of rotatable bonds is 1. The van der Waals surface area contributed by atoms with Gasteiger partial charge in [0.2, 0.25) is 0 Å². The molecule has 0 aliphatic carbocycles. The van der Waals surface area contributed by atoms with E-state index in [-0.39, 0.29) is 0 Å². The molecule has 0 unspecified atom stereocenters. The molecule has 0 aliphatic rings. The summed E-state index contributed by atoms with van der Waals surface area (Å²) in [6.45, 7) is 2.06. The van der Waals surface area contributed by atoms with Crippen molar-refractivity contribution in [1.82, 2.24) is 9.97 Å². The van der Waals surface area contributed by atoms with Crippen LogP contribution in [0.3, 0.4) is 0 Å². The predicted octanol–water partition coefficient (Wildman–Crippen LogP) is 5.56. The Morgan fingerprint density at radius 3 is 2.84 bits per heavy atom. The second-order valence-electron chi connectivity index (χ2n) is 4.33. The quantitative estimate of drug-likeness (QED) is 0.486. The standard InChI is InChI=1S/C14H9BrClIN2/c1-7-4-8(15)5-12-13(7)19-14(18-12)10-6-9(16)2-3-11(10)17/h2-6H,1H3,(H,18,19). The van der Waals surface area contributed by atoms with Crippen LogP contribution in [0.2, 0.25) is 5.02 Å². The zero-order chi connectivity index (χ0) is 13.6. The minimum absolute atomic E-state index is 0.716. The van der Waals surface area contributed by atoms with E-state index in [0.29, 0.717) is 5.02 Å². The summed E-state index contributed by atoms with van der Waals surface area (Å²) in [5.41, 5.74) is 4.19. The van der Waals surface area contributed by atoms with Crippen LogP contribution in [-0.2, 0) is 0 Å². The number of fused-ring (bicyclic) bond motifs is 1. The Kier molecular flexibility index (Phi) is 3.57. The highest BCUT2D eigenvalue weighted by Crippen LogP contribution is 2.30. The number of aromatic nitrogens is 2. The Balaban J connectivity index is 2.26.